The van der Waals surface area contributed by atoms with Gasteiger partial charge in [0.25, 0.3) is 5.91 Å². The van der Waals surface area contributed by atoms with Gasteiger partial charge in [-0.2, -0.15) is 0 Å². The van der Waals surface area contributed by atoms with Gasteiger partial charge in [0.2, 0.25) is 0 Å². The number of nitrogens with zero attached hydrogens (tertiary/aromatic N) is 2. The van der Waals surface area contributed by atoms with Gasteiger partial charge in [0.05, 0.1) is 5.69 Å². The fourth-order valence-corrected chi connectivity index (χ4v) is 2.75. The van der Waals surface area contributed by atoms with E-state index in [2.05, 4.69) is 28.4 Å². The topological polar surface area (TPSA) is 74.3 Å². The number of benzene rings is 2. The molecule has 148 valence electrons. The smallest absolute Gasteiger partial charge is 0.331 e. The molecule has 0 radical (unpaired) electrons. The molecule has 8 heteroatoms. The second-order valence-corrected chi connectivity index (χ2v) is 6.56. The predicted octanol–water partition coefficient (Wildman–Crippen LogP) is 4.08. The molecule has 3 amide bonds. The van der Waals surface area contributed by atoms with Gasteiger partial charge in [-0.05, 0) is 60.5 Å². The van der Waals surface area contributed by atoms with Crippen molar-refractivity contribution in [3.8, 4) is 0 Å². The molecule has 0 aliphatic heterocycles. The molecule has 29 heavy (non-hydrogen) atoms. The molecular formula is C21H19FN4O2S. The first-order valence-electron chi connectivity index (χ1n) is 8.85. The van der Waals surface area contributed by atoms with Crippen LogP contribution in [0.1, 0.15) is 15.9 Å². The highest BCUT2D eigenvalue weighted by atomic mass is 32.1. The average molecular weight is 410 g/mol. The van der Waals surface area contributed by atoms with Crippen molar-refractivity contribution >= 4 is 36.1 Å². The Hall–Kier alpha value is -3.39. The van der Waals surface area contributed by atoms with E-state index in [1.165, 1.54) is 16.4 Å². The Kier molecular flexibility index (Phi) is 6.80. The van der Waals surface area contributed by atoms with Crippen LogP contribution < -0.4 is 14.9 Å². The summed E-state index contributed by atoms with van der Waals surface area (Å²) >= 11 is 4.23. The highest BCUT2D eigenvalue weighted by Crippen LogP contribution is 2.20. The van der Waals surface area contributed by atoms with E-state index in [-0.39, 0.29) is 17.8 Å². The number of halogens is 1. The minimum atomic E-state index is -0.385. The molecule has 3 aromatic rings. The van der Waals surface area contributed by atoms with Crippen LogP contribution in [0.3, 0.4) is 0 Å². The second-order valence-electron chi connectivity index (χ2n) is 6.16. The van der Waals surface area contributed by atoms with Gasteiger partial charge in [-0.15, -0.1) is 0 Å². The third-order valence-corrected chi connectivity index (χ3v) is 4.52. The molecule has 2 aromatic carbocycles. The van der Waals surface area contributed by atoms with Crippen LogP contribution in [0, 0.1) is 5.82 Å². The average Bonchev–Trinajstić information content (AvgIpc) is 2.75. The first-order chi connectivity index (χ1) is 14.0. The van der Waals surface area contributed by atoms with Gasteiger partial charge in [0, 0.05) is 30.2 Å². The number of thiol groups is 1. The monoisotopic (exact) mass is 410 g/mol. The Balaban J connectivity index is 1.51. The van der Waals surface area contributed by atoms with Gasteiger partial charge in [0.1, 0.15) is 5.82 Å². The molecule has 3 rings (SSSR count). The SMILES string of the molecule is O=C(Nc1ccc(N(S)C(=O)NCCc2ccc(F)cc2)cc1)c1ccncc1. The maximum absolute atomic E-state index is 12.9. The summed E-state index contributed by atoms with van der Waals surface area (Å²) in [6, 6.07) is 15.7. The van der Waals surface area contributed by atoms with E-state index in [9.17, 15) is 14.0 Å². The third-order valence-electron chi connectivity index (χ3n) is 4.11. The summed E-state index contributed by atoms with van der Waals surface area (Å²) in [6.07, 6.45) is 3.67. The largest absolute Gasteiger partial charge is 0.337 e. The van der Waals surface area contributed by atoms with Crippen LogP contribution in [0.15, 0.2) is 73.1 Å². The predicted molar refractivity (Wildman–Crippen MR) is 114 cm³/mol. The quantitative estimate of drug-likeness (QED) is 0.536. The Morgan fingerprint density at radius 1 is 0.966 bits per heavy atom. The summed E-state index contributed by atoms with van der Waals surface area (Å²) in [7, 11) is 0. The zero-order chi connectivity index (χ0) is 20.6. The Morgan fingerprint density at radius 2 is 1.62 bits per heavy atom. The minimum Gasteiger partial charge on any atom is -0.337 e. The Bertz CT molecular complexity index is 966. The summed E-state index contributed by atoms with van der Waals surface area (Å²) in [4.78, 5) is 28.3. The molecule has 2 N–H and O–H groups in total. The van der Waals surface area contributed by atoms with E-state index in [1.807, 2.05) is 0 Å². The number of urea groups is 1. The van der Waals surface area contributed by atoms with Gasteiger partial charge in [-0.25, -0.2) is 13.5 Å². The standard InChI is InChI=1S/C21H19FN4O2S/c22-17-3-1-15(2-4-17)9-14-24-21(28)26(29)19-7-5-18(6-8-19)25-20(27)16-10-12-23-13-11-16/h1-8,10-13,29H,9,14H2,(H,24,28)(H,25,27). The van der Waals surface area contributed by atoms with Crippen LogP contribution in [-0.4, -0.2) is 23.5 Å². The molecule has 0 fully saturated rings. The van der Waals surface area contributed by atoms with E-state index >= 15 is 0 Å². The molecule has 0 saturated heterocycles. The maximum atomic E-state index is 12.9. The summed E-state index contributed by atoms with van der Waals surface area (Å²) < 4.78 is 14.1. The van der Waals surface area contributed by atoms with Crippen molar-refractivity contribution in [3.05, 3.63) is 90.0 Å². The summed E-state index contributed by atoms with van der Waals surface area (Å²) in [5, 5.41) is 5.53. The number of carbonyl (C=O) groups excluding carboxylic acids is 2. The van der Waals surface area contributed by atoms with Gasteiger partial charge in [-0.3, -0.25) is 9.78 Å². The van der Waals surface area contributed by atoms with Crippen molar-refractivity contribution in [1.82, 2.24) is 10.3 Å². The molecule has 0 bridgehead atoms. The number of nitrogens with one attached hydrogen (secondary N) is 2. The second kappa shape index (κ2) is 9.70. The van der Waals surface area contributed by atoms with Crippen molar-refractivity contribution in [2.75, 3.05) is 16.2 Å². The van der Waals surface area contributed by atoms with E-state index in [0.29, 0.717) is 29.9 Å². The number of pyridine rings is 1. The fourth-order valence-electron chi connectivity index (χ4n) is 2.55. The lowest BCUT2D eigenvalue weighted by Crippen LogP contribution is -2.35. The highest BCUT2D eigenvalue weighted by Gasteiger charge is 2.12. The van der Waals surface area contributed by atoms with E-state index in [4.69, 9.17) is 0 Å². The lowest BCUT2D eigenvalue weighted by Gasteiger charge is -2.17. The van der Waals surface area contributed by atoms with E-state index < -0.39 is 0 Å². The molecular weight excluding hydrogens is 391 g/mol. The molecule has 0 unspecified atom stereocenters. The Labute approximate surface area is 173 Å². The summed E-state index contributed by atoms with van der Waals surface area (Å²) in [5.74, 6) is -0.541. The molecule has 6 nitrogen and oxygen atoms in total. The Morgan fingerprint density at radius 3 is 2.28 bits per heavy atom. The van der Waals surface area contributed by atoms with Gasteiger partial charge >= 0.3 is 6.03 Å². The van der Waals surface area contributed by atoms with Crippen molar-refractivity contribution in [2.45, 2.75) is 6.42 Å². The van der Waals surface area contributed by atoms with E-state index in [1.54, 1.807) is 60.9 Å². The molecule has 0 aliphatic rings. The van der Waals surface area contributed by atoms with Gasteiger partial charge < -0.3 is 10.6 Å². The van der Waals surface area contributed by atoms with Gasteiger partial charge in [0.15, 0.2) is 0 Å². The number of amides is 3. The van der Waals surface area contributed by atoms with Crippen molar-refractivity contribution in [3.63, 3.8) is 0 Å². The van der Waals surface area contributed by atoms with Gasteiger partial charge in [-0.1, -0.05) is 24.9 Å². The lowest BCUT2D eigenvalue weighted by atomic mass is 10.1. The fraction of sp³-hybridized carbons (Fsp3) is 0.0952. The first-order valence-corrected chi connectivity index (χ1v) is 9.25. The minimum absolute atomic E-state index is 0.249. The first kappa shape index (κ1) is 20.3. The van der Waals surface area contributed by atoms with Crippen LogP contribution in [-0.2, 0) is 6.42 Å². The number of hydrogen-bond acceptors (Lipinski definition) is 4. The molecule has 0 spiro atoms. The van der Waals surface area contributed by atoms with Crippen molar-refractivity contribution in [1.29, 1.82) is 0 Å². The van der Waals surface area contributed by atoms with Crippen LogP contribution in [0.25, 0.3) is 0 Å². The highest BCUT2D eigenvalue weighted by molar-refractivity contribution is 7.82. The molecule has 1 aromatic heterocycles. The van der Waals surface area contributed by atoms with Crippen LogP contribution in [0.4, 0.5) is 20.6 Å². The zero-order valence-corrected chi connectivity index (χ0v) is 16.3. The van der Waals surface area contributed by atoms with E-state index in [0.717, 1.165) is 5.56 Å². The summed E-state index contributed by atoms with van der Waals surface area (Å²) in [5.41, 5.74) is 2.57. The van der Waals surface area contributed by atoms with Crippen LogP contribution in [0.5, 0.6) is 0 Å². The molecule has 0 atom stereocenters. The molecule has 0 saturated carbocycles. The summed E-state index contributed by atoms with van der Waals surface area (Å²) in [6.45, 7) is 0.390. The van der Waals surface area contributed by atoms with Crippen molar-refractivity contribution < 1.29 is 14.0 Å². The lowest BCUT2D eigenvalue weighted by molar-refractivity contribution is 0.102. The van der Waals surface area contributed by atoms with Crippen molar-refractivity contribution in [2.24, 2.45) is 0 Å². The number of carbonyl (C=O) groups is 2. The number of anilines is 2. The number of hydrogen-bond donors (Lipinski definition) is 3. The number of aromatic nitrogens is 1. The van der Waals surface area contributed by atoms with Crippen LogP contribution >= 0.6 is 12.8 Å². The number of rotatable bonds is 6. The normalized spacial score (nSPS) is 10.3. The zero-order valence-electron chi connectivity index (χ0n) is 15.4. The molecule has 1 heterocycles. The maximum Gasteiger partial charge on any atom is 0.331 e. The van der Waals surface area contributed by atoms with Crippen LogP contribution in [0.2, 0.25) is 0 Å². The third kappa shape index (κ3) is 5.79. The molecule has 0 aliphatic carbocycles.